The molecule has 21 heavy (non-hydrogen) atoms. The van der Waals surface area contributed by atoms with E-state index in [1.54, 1.807) is 6.92 Å². The topological polar surface area (TPSA) is 65.8 Å². The van der Waals surface area contributed by atoms with Crippen molar-refractivity contribution in [3.05, 3.63) is 30.1 Å². The second-order valence-corrected chi connectivity index (χ2v) is 4.76. The minimum Gasteiger partial charge on any atom is -0.362 e. The third-order valence-corrected chi connectivity index (χ3v) is 3.15. The lowest BCUT2D eigenvalue weighted by molar-refractivity contribution is -0.297. The Morgan fingerprint density at radius 3 is 2.57 bits per heavy atom. The predicted molar refractivity (Wildman–Crippen MR) is 68.4 cm³/mol. The van der Waals surface area contributed by atoms with Crippen LogP contribution < -0.4 is 0 Å². The Bertz CT molecular complexity index is 560. The van der Waals surface area contributed by atoms with Gasteiger partial charge in [-0.05, 0) is 18.6 Å². The molecule has 0 aromatic carbocycles. The average molecular weight is 301 g/mol. The minimum atomic E-state index is -4.99. The fourth-order valence-electron chi connectivity index (χ4n) is 2.10. The highest BCUT2D eigenvalue weighted by molar-refractivity contribution is 5.98. The second kappa shape index (κ2) is 5.44. The fourth-order valence-corrected chi connectivity index (χ4v) is 2.10. The zero-order valence-corrected chi connectivity index (χ0v) is 11.3. The zero-order valence-electron chi connectivity index (χ0n) is 11.3. The van der Waals surface area contributed by atoms with Gasteiger partial charge in [-0.1, -0.05) is 13.3 Å². The van der Waals surface area contributed by atoms with Crippen LogP contribution in [0.1, 0.15) is 36.5 Å². The molecule has 1 atom stereocenters. The summed E-state index contributed by atoms with van der Waals surface area (Å²) < 4.78 is 39.5. The Labute approximate surface area is 119 Å². The summed E-state index contributed by atoms with van der Waals surface area (Å²) in [4.78, 5) is 15.9. The van der Waals surface area contributed by atoms with Crippen LogP contribution in [0.15, 0.2) is 29.6 Å². The lowest BCUT2D eigenvalue weighted by atomic mass is 10.0. The lowest BCUT2D eigenvalue weighted by Crippen LogP contribution is -2.56. The van der Waals surface area contributed by atoms with E-state index in [0.717, 1.165) is 0 Å². The summed E-state index contributed by atoms with van der Waals surface area (Å²) >= 11 is 0. The Morgan fingerprint density at radius 2 is 2.05 bits per heavy atom. The van der Waals surface area contributed by atoms with Gasteiger partial charge in [0.2, 0.25) is 0 Å². The van der Waals surface area contributed by atoms with Gasteiger partial charge in [0.15, 0.2) is 0 Å². The molecule has 8 heteroatoms. The van der Waals surface area contributed by atoms with Crippen LogP contribution in [0.4, 0.5) is 13.2 Å². The number of carbonyl (C=O) groups is 1. The Morgan fingerprint density at radius 1 is 1.43 bits per heavy atom. The maximum atomic E-state index is 13.2. The number of alkyl halides is 3. The highest BCUT2D eigenvalue weighted by Gasteiger charge is 2.63. The third kappa shape index (κ3) is 2.76. The first-order valence-electron chi connectivity index (χ1n) is 6.39. The van der Waals surface area contributed by atoms with Crippen molar-refractivity contribution < 1.29 is 23.1 Å². The van der Waals surface area contributed by atoms with Crippen molar-refractivity contribution in [2.75, 3.05) is 0 Å². The van der Waals surface area contributed by atoms with Gasteiger partial charge in [-0.2, -0.15) is 23.3 Å². The quantitative estimate of drug-likeness (QED) is 0.932. The fraction of sp³-hybridized carbons (Fsp3) is 0.462. The summed E-state index contributed by atoms with van der Waals surface area (Å²) in [5.74, 6) is -1.01. The molecular weight excluding hydrogens is 287 g/mol. The van der Waals surface area contributed by atoms with E-state index in [-0.39, 0.29) is 16.3 Å². The molecule has 0 aliphatic carbocycles. The van der Waals surface area contributed by atoms with E-state index >= 15 is 0 Å². The number of aliphatic hydroxyl groups is 1. The molecule has 1 amide bonds. The predicted octanol–water partition coefficient (Wildman–Crippen LogP) is 2.33. The van der Waals surface area contributed by atoms with E-state index in [2.05, 4.69) is 10.1 Å². The normalized spacial score (nSPS) is 22.3. The van der Waals surface area contributed by atoms with Crippen molar-refractivity contribution in [1.29, 1.82) is 0 Å². The molecule has 1 N–H and O–H groups in total. The molecule has 0 radical (unpaired) electrons. The lowest BCUT2D eigenvalue weighted by Gasteiger charge is -2.32. The van der Waals surface area contributed by atoms with Crippen LogP contribution in [0.3, 0.4) is 0 Å². The van der Waals surface area contributed by atoms with Crippen LogP contribution in [0.25, 0.3) is 0 Å². The molecule has 0 saturated heterocycles. The molecule has 0 spiro atoms. The highest BCUT2D eigenvalue weighted by Crippen LogP contribution is 2.41. The van der Waals surface area contributed by atoms with Gasteiger partial charge in [-0.25, -0.2) is 0 Å². The molecule has 0 saturated carbocycles. The third-order valence-electron chi connectivity index (χ3n) is 3.15. The molecule has 5 nitrogen and oxygen atoms in total. The number of hydrazone groups is 1. The largest absolute Gasteiger partial charge is 0.438 e. The van der Waals surface area contributed by atoms with Crippen LogP contribution in [-0.2, 0) is 0 Å². The summed E-state index contributed by atoms with van der Waals surface area (Å²) in [6.07, 6.45) is -2.28. The highest BCUT2D eigenvalue weighted by atomic mass is 19.4. The van der Waals surface area contributed by atoms with E-state index in [4.69, 9.17) is 0 Å². The molecule has 0 fully saturated rings. The molecule has 1 aromatic rings. The van der Waals surface area contributed by atoms with Gasteiger partial charge >= 0.3 is 6.18 Å². The number of amides is 1. The van der Waals surface area contributed by atoms with Crippen LogP contribution in [0.5, 0.6) is 0 Å². The molecule has 1 aliphatic rings. The first-order chi connectivity index (χ1) is 9.79. The van der Waals surface area contributed by atoms with Crippen molar-refractivity contribution in [2.24, 2.45) is 5.10 Å². The first kappa shape index (κ1) is 15.4. The monoisotopic (exact) mass is 301 g/mol. The van der Waals surface area contributed by atoms with Crippen LogP contribution in [0, 0.1) is 0 Å². The van der Waals surface area contributed by atoms with Gasteiger partial charge in [0, 0.05) is 30.1 Å². The first-order valence-corrected chi connectivity index (χ1v) is 6.39. The van der Waals surface area contributed by atoms with Crippen LogP contribution in [0.2, 0.25) is 0 Å². The van der Waals surface area contributed by atoms with Gasteiger partial charge in [0.05, 0.1) is 0 Å². The van der Waals surface area contributed by atoms with Gasteiger partial charge < -0.3 is 5.11 Å². The molecular formula is C13H14F3N3O2. The molecule has 1 aromatic heterocycles. The maximum Gasteiger partial charge on any atom is 0.438 e. The SMILES string of the molecule is CCCC1=NN(C(=O)c2ccncc2)[C@](O)(C(F)(F)F)C1. The number of rotatable bonds is 3. The molecule has 2 rings (SSSR count). The molecule has 0 bridgehead atoms. The number of hydrogen-bond donors (Lipinski definition) is 1. The molecule has 2 heterocycles. The summed E-state index contributed by atoms with van der Waals surface area (Å²) in [7, 11) is 0. The van der Waals surface area contributed by atoms with Gasteiger partial charge in [0.1, 0.15) is 0 Å². The number of hydrogen-bond acceptors (Lipinski definition) is 4. The Balaban J connectivity index is 2.39. The summed E-state index contributed by atoms with van der Waals surface area (Å²) in [5, 5.41) is 13.8. The van der Waals surface area contributed by atoms with E-state index in [1.165, 1.54) is 24.5 Å². The number of halogens is 3. The van der Waals surface area contributed by atoms with Gasteiger partial charge in [-0.15, -0.1) is 0 Å². The molecule has 114 valence electrons. The standard InChI is InChI=1S/C13H14F3N3O2/c1-2-3-10-8-12(21,13(14,15)16)19(18-10)11(20)9-4-6-17-7-5-9/h4-7,21H,2-3,8H2,1H3/t12-/m1/s1. The van der Waals surface area contributed by atoms with Crippen LogP contribution in [-0.4, -0.2) is 38.6 Å². The van der Waals surface area contributed by atoms with Gasteiger partial charge in [0.25, 0.3) is 11.6 Å². The van der Waals surface area contributed by atoms with E-state index < -0.39 is 24.2 Å². The summed E-state index contributed by atoms with van der Waals surface area (Å²) in [5.41, 5.74) is -3.16. The van der Waals surface area contributed by atoms with E-state index in [0.29, 0.717) is 12.8 Å². The van der Waals surface area contributed by atoms with E-state index in [9.17, 15) is 23.1 Å². The van der Waals surface area contributed by atoms with Gasteiger partial charge in [-0.3, -0.25) is 9.78 Å². The van der Waals surface area contributed by atoms with Crippen molar-refractivity contribution in [3.8, 4) is 0 Å². The molecule has 1 aliphatic heterocycles. The average Bonchev–Trinajstić information content (AvgIpc) is 2.77. The zero-order chi connectivity index (χ0) is 15.7. The van der Waals surface area contributed by atoms with E-state index in [1.807, 2.05) is 0 Å². The number of carbonyl (C=O) groups excluding carboxylic acids is 1. The van der Waals surface area contributed by atoms with Crippen molar-refractivity contribution >= 4 is 11.6 Å². The van der Waals surface area contributed by atoms with Crippen LogP contribution >= 0.6 is 0 Å². The Hall–Kier alpha value is -1.96. The summed E-state index contributed by atoms with van der Waals surface area (Å²) in [6.45, 7) is 1.78. The second-order valence-electron chi connectivity index (χ2n) is 4.76. The smallest absolute Gasteiger partial charge is 0.362 e. The number of aromatic nitrogens is 1. The van der Waals surface area contributed by atoms with Crippen molar-refractivity contribution in [3.63, 3.8) is 0 Å². The van der Waals surface area contributed by atoms with Crippen molar-refractivity contribution in [1.82, 2.24) is 9.99 Å². The number of nitrogens with zero attached hydrogens (tertiary/aromatic N) is 3. The minimum absolute atomic E-state index is 0.0193. The summed E-state index contributed by atoms with van der Waals surface area (Å²) in [6, 6.07) is 2.54. The van der Waals surface area contributed by atoms with Crippen molar-refractivity contribution in [2.45, 2.75) is 38.1 Å². The number of pyridine rings is 1. The maximum absolute atomic E-state index is 13.2. The molecule has 0 unspecified atom stereocenters. The Kier molecular flexibility index (Phi) is 3.99.